The number of aryl methyl sites for hydroxylation is 1. The quantitative estimate of drug-likeness (QED) is 0.741. The highest BCUT2D eigenvalue weighted by atomic mass is 32.2. The molecule has 0 bridgehead atoms. The van der Waals surface area contributed by atoms with Crippen LogP contribution in [0.1, 0.15) is 10.4 Å². The summed E-state index contributed by atoms with van der Waals surface area (Å²) < 4.78 is 1.82. The van der Waals surface area contributed by atoms with Crippen molar-refractivity contribution < 1.29 is 4.79 Å². The molecule has 2 heterocycles. The Bertz CT molecular complexity index is 853. The molecule has 110 valence electrons. The number of benzene rings is 1. The molecule has 0 spiro atoms. The highest BCUT2D eigenvalue weighted by Gasteiger charge is 2.12. The Labute approximate surface area is 136 Å². The van der Waals surface area contributed by atoms with Gasteiger partial charge in [0.2, 0.25) is 0 Å². The maximum absolute atomic E-state index is 12.4. The van der Waals surface area contributed by atoms with Gasteiger partial charge < -0.3 is 4.57 Å². The molecular formula is C16H13N3OS2. The molecular weight excluding hydrogens is 314 g/mol. The van der Waals surface area contributed by atoms with Crippen molar-refractivity contribution in [1.29, 1.82) is 0 Å². The van der Waals surface area contributed by atoms with Crippen molar-refractivity contribution in [1.82, 2.24) is 9.55 Å². The van der Waals surface area contributed by atoms with Gasteiger partial charge >= 0.3 is 0 Å². The summed E-state index contributed by atoms with van der Waals surface area (Å²) in [7, 11) is 1.87. The number of hydrogen-bond acceptors (Lipinski definition) is 4. The van der Waals surface area contributed by atoms with Gasteiger partial charge in [0, 0.05) is 29.7 Å². The second-order valence-electron chi connectivity index (χ2n) is 4.48. The van der Waals surface area contributed by atoms with Gasteiger partial charge in [0.15, 0.2) is 4.80 Å². The molecule has 0 aliphatic carbocycles. The number of rotatable bonds is 3. The van der Waals surface area contributed by atoms with Crippen LogP contribution >= 0.6 is 23.1 Å². The standard InChI is InChI=1S/C16H13N3OS2/c1-19-10-11-21-16(19)18-14(20)13-8-5-9-17-15(13)22-12-6-3-2-4-7-12/h2-11H,1H3. The topological polar surface area (TPSA) is 47.2 Å². The van der Waals surface area contributed by atoms with Gasteiger partial charge in [0.25, 0.3) is 5.91 Å². The predicted molar refractivity (Wildman–Crippen MR) is 88.0 cm³/mol. The molecule has 1 aromatic carbocycles. The summed E-state index contributed by atoms with van der Waals surface area (Å²) >= 11 is 2.89. The Morgan fingerprint density at radius 2 is 2.05 bits per heavy atom. The van der Waals surface area contributed by atoms with Crippen LogP contribution in [0.3, 0.4) is 0 Å². The Morgan fingerprint density at radius 3 is 2.77 bits per heavy atom. The van der Waals surface area contributed by atoms with Gasteiger partial charge in [-0.05, 0) is 24.3 Å². The third-order valence-corrected chi connectivity index (χ3v) is 4.79. The number of nitrogens with zero attached hydrogens (tertiary/aromatic N) is 3. The van der Waals surface area contributed by atoms with Crippen LogP contribution in [0.25, 0.3) is 0 Å². The molecule has 0 saturated heterocycles. The molecule has 0 atom stereocenters. The third-order valence-electron chi connectivity index (χ3n) is 2.92. The summed E-state index contributed by atoms with van der Waals surface area (Å²) in [6.45, 7) is 0. The van der Waals surface area contributed by atoms with Crippen molar-refractivity contribution in [3.05, 3.63) is 70.6 Å². The van der Waals surface area contributed by atoms with Gasteiger partial charge in [-0.2, -0.15) is 4.99 Å². The average molecular weight is 327 g/mol. The lowest BCUT2D eigenvalue weighted by Gasteiger charge is -2.04. The Balaban J connectivity index is 1.95. The van der Waals surface area contributed by atoms with Crippen LogP contribution in [0.2, 0.25) is 0 Å². The predicted octanol–water partition coefficient (Wildman–Crippen LogP) is 3.37. The van der Waals surface area contributed by atoms with Gasteiger partial charge in [0.05, 0.1) is 5.56 Å². The van der Waals surface area contributed by atoms with E-state index in [0.717, 1.165) is 4.90 Å². The van der Waals surface area contributed by atoms with Crippen molar-refractivity contribution in [2.24, 2.45) is 12.0 Å². The van der Waals surface area contributed by atoms with E-state index in [1.165, 1.54) is 23.1 Å². The molecule has 6 heteroatoms. The fourth-order valence-electron chi connectivity index (χ4n) is 1.82. The fourth-order valence-corrected chi connectivity index (χ4v) is 3.44. The van der Waals surface area contributed by atoms with Crippen LogP contribution in [0.15, 0.2) is 75.2 Å². The van der Waals surface area contributed by atoms with Gasteiger partial charge in [0.1, 0.15) is 5.03 Å². The number of amides is 1. The highest BCUT2D eigenvalue weighted by Crippen LogP contribution is 2.28. The molecule has 0 aliphatic heterocycles. The normalized spacial score (nSPS) is 11.6. The molecule has 0 N–H and O–H groups in total. The minimum atomic E-state index is -0.274. The van der Waals surface area contributed by atoms with E-state index >= 15 is 0 Å². The van der Waals surface area contributed by atoms with E-state index in [4.69, 9.17) is 0 Å². The van der Waals surface area contributed by atoms with E-state index in [-0.39, 0.29) is 5.91 Å². The maximum Gasteiger partial charge on any atom is 0.282 e. The van der Waals surface area contributed by atoms with Crippen molar-refractivity contribution in [2.45, 2.75) is 9.92 Å². The Kier molecular flexibility index (Phi) is 4.50. The number of aromatic nitrogens is 2. The molecule has 0 fully saturated rings. The largest absolute Gasteiger partial charge is 0.327 e. The van der Waals surface area contributed by atoms with Crippen LogP contribution in [-0.4, -0.2) is 15.5 Å². The molecule has 0 radical (unpaired) electrons. The van der Waals surface area contributed by atoms with E-state index in [1.54, 1.807) is 18.3 Å². The van der Waals surface area contributed by atoms with Gasteiger partial charge in [-0.3, -0.25) is 4.79 Å². The maximum atomic E-state index is 12.4. The second kappa shape index (κ2) is 6.72. The third kappa shape index (κ3) is 3.35. The molecule has 22 heavy (non-hydrogen) atoms. The number of carbonyl (C=O) groups excluding carboxylic acids is 1. The first-order valence-electron chi connectivity index (χ1n) is 6.61. The van der Waals surface area contributed by atoms with Gasteiger partial charge in [-0.25, -0.2) is 4.98 Å². The van der Waals surface area contributed by atoms with E-state index < -0.39 is 0 Å². The summed E-state index contributed by atoms with van der Waals surface area (Å²) in [5.41, 5.74) is 0.518. The van der Waals surface area contributed by atoms with Gasteiger partial charge in [-0.15, -0.1) is 11.3 Å². The molecule has 1 amide bonds. The van der Waals surface area contributed by atoms with E-state index in [0.29, 0.717) is 15.4 Å². The SMILES string of the molecule is Cn1ccsc1=NC(=O)c1cccnc1Sc1ccccc1. The summed E-state index contributed by atoms with van der Waals surface area (Å²) in [4.78, 5) is 22.7. The molecule has 4 nitrogen and oxygen atoms in total. The zero-order chi connectivity index (χ0) is 15.4. The summed E-state index contributed by atoms with van der Waals surface area (Å²) in [5, 5.41) is 2.57. The van der Waals surface area contributed by atoms with Crippen molar-refractivity contribution >= 4 is 29.0 Å². The van der Waals surface area contributed by atoms with E-state index in [9.17, 15) is 4.79 Å². The number of hydrogen-bond donors (Lipinski definition) is 0. The lowest BCUT2D eigenvalue weighted by molar-refractivity contribution is 0.0994. The smallest absolute Gasteiger partial charge is 0.282 e. The zero-order valence-electron chi connectivity index (χ0n) is 11.8. The van der Waals surface area contributed by atoms with E-state index in [2.05, 4.69) is 9.98 Å². The van der Waals surface area contributed by atoms with Crippen molar-refractivity contribution in [3.8, 4) is 0 Å². The Morgan fingerprint density at radius 1 is 1.23 bits per heavy atom. The number of pyridine rings is 1. The van der Waals surface area contributed by atoms with Gasteiger partial charge in [-0.1, -0.05) is 30.0 Å². The van der Waals surface area contributed by atoms with Crippen molar-refractivity contribution in [3.63, 3.8) is 0 Å². The lowest BCUT2D eigenvalue weighted by Crippen LogP contribution is -2.13. The van der Waals surface area contributed by atoms with Crippen molar-refractivity contribution in [2.75, 3.05) is 0 Å². The summed E-state index contributed by atoms with van der Waals surface area (Å²) in [6, 6.07) is 13.4. The van der Waals surface area contributed by atoms with Crippen LogP contribution in [0, 0.1) is 0 Å². The number of thiazole rings is 1. The highest BCUT2D eigenvalue weighted by molar-refractivity contribution is 7.99. The molecule has 0 saturated carbocycles. The fraction of sp³-hybridized carbons (Fsp3) is 0.0625. The van der Waals surface area contributed by atoms with Crippen LogP contribution in [0.5, 0.6) is 0 Å². The molecule has 0 unspecified atom stereocenters. The van der Waals surface area contributed by atoms with Crippen LogP contribution in [0.4, 0.5) is 0 Å². The first-order valence-corrected chi connectivity index (χ1v) is 8.31. The minimum Gasteiger partial charge on any atom is -0.327 e. The lowest BCUT2D eigenvalue weighted by atomic mass is 10.3. The minimum absolute atomic E-state index is 0.274. The van der Waals surface area contributed by atoms with E-state index in [1.807, 2.05) is 53.5 Å². The molecule has 2 aromatic heterocycles. The average Bonchev–Trinajstić information content (AvgIpc) is 2.94. The summed E-state index contributed by atoms with van der Waals surface area (Å²) in [6.07, 6.45) is 3.56. The molecule has 3 rings (SSSR count). The molecule has 0 aliphatic rings. The first-order chi connectivity index (χ1) is 10.7. The molecule has 3 aromatic rings. The Hall–Kier alpha value is -2.18. The van der Waals surface area contributed by atoms with Crippen LogP contribution < -0.4 is 4.80 Å². The monoisotopic (exact) mass is 327 g/mol. The number of carbonyl (C=O) groups is 1. The zero-order valence-corrected chi connectivity index (χ0v) is 13.5. The summed E-state index contributed by atoms with van der Waals surface area (Å²) in [5.74, 6) is -0.274. The second-order valence-corrected chi connectivity index (χ2v) is 6.42. The first kappa shape index (κ1) is 14.7. The van der Waals surface area contributed by atoms with Crippen LogP contribution in [-0.2, 0) is 7.05 Å².